The average molecular weight is 525 g/mol. The summed E-state index contributed by atoms with van der Waals surface area (Å²) in [6.45, 7) is 4.14. The van der Waals surface area contributed by atoms with E-state index in [1.54, 1.807) is 18.2 Å². The number of aryl methyl sites for hydroxylation is 2. The molecule has 0 aromatic heterocycles. The van der Waals surface area contributed by atoms with E-state index in [-0.39, 0.29) is 42.8 Å². The molecule has 0 radical (unpaired) electrons. The quantitative estimate of drug-likeness (QED) is 0.222. The Morgan fingerprint density at radius 1 is 0.912 bits per heavy atom. The topological polar surface area (TPSA) is 109 Å². The molecule has 3 amide bonds. The Morgan fingerprint density at radius 3 is 2.35 bits per heavy atom. The monoisotopic (exact) mass is 524 g/mol. The second-order valence-electron chi connectivity index (χ2n) is 7.44. The van der Waals surface area contributed by atoms with Gasteiger partial charge in [-0.05, 0) is 62.3 Å². The van der Waals surface area contributed by atoms with Crippen LogP contribution < -0.4 is 26.2 Å². The zero-order valence-corrected chi connectivity index (χ0v) is 21.1. The van der Waals surface area contributed by atoms with Gasteiger partial charge in [0.1, 0.15) is 5.75 Å². The van der Waals surface area contributed by atoms with E-state index < -0.39 is 5.91 Å². The maximum absolute atomic E-state index is 12.1. The average Bonchev–Trinajstić information content (AvgIpc) is 2.77. The van der Waals surface area contributed by atoms with Crippen molar-refractivity contribution in [2.45, 2.75) is 39.5 Å². The van der Waals surface area contributed by atoms with Gasteiger partial charge in [-0.2, -0.15) is 0 Å². The third-order valence-corrected chi connectivity index (χ3v) is 5.24. The van der Waals surface area contributed by atoms with Gasteiger partial charge in [-0.15, -0.1) is 0 Å². The molecular weight excluding hydrogens is 499 g/mol. The number of amides is 3. The molecule has 2 rings (SSSR count). The minimum Gasteiger partial charge on any atom is -0.492 e. The normalized spacial score (nSPS) is 10.2. The molecule has 8 nitrogen and oxygen atoms in total. The van der Waals surface area contributed by atoms with Crippen molar-refractivity contribution in [3.8, 4) is 5.75 Å². The van der Waals surface area contributed by atoms with E-state index in [0.717, 1.165) is 11.1 Å². The summed E-state index contributed by atoms with van der Waals surface area (Å²) in [5, 5.41) is 6.07. The van der Waals surface area contributed by atoms with Gasteiger partial charge in [-0.25, -0.2) is 0 Å². The summed E-state index contributed by atoms with van der Waals surface area (Å²) in [5.41, 5.74) is 7.54. The van der Waals surface area contributed by atoms with Gasteiger partial charge in [-0.1, -0.05) is 40.9 Å². The fourth-order valence-electron chi connectivity index (χ4n) is 2.81. The summed E-state index contributed by atoms with van der Waals surface area (Å²) in [6.07, 6.45) is 0.525. The second-order valence-corrected chi connectivity index (χ2v) is 8.70. The summed E-state index contributed by atoms with van der Waals surface area (Å²) in [5.74, 6) is -0.583. The van der Waals surface area contributed by atoms with E-state index in [4.69, 9.17) is 40.2 Å². The Labute approximate surface area is 213 Å². The van der Waals surface area contributed by atoms with Crippen molar-refractivity contribution in [2.24, 2.45) is 0 Å². The van der Waals surface area contributed by atoms with Gasteiger partial charge in [0.2, 0.25) is 17.7 Å². The Morgan fingerprint density at radius 2 is 1.65 bits per heavy atom. The molecule has 0 spiro atoms. The van der Waals surface area contributed by atoms with Gasteiger partial charge in [0, 0.05) is 30.0 Å². The molecule has 0 saturated carbocycles. The van der Waals surface area contributed by atoms with Crippen molar-refractivity contribution in [3.05, 3.63) is 57.6 Å². The molecular formula is C23H26Cl2N4O4S. The zero-order valence-electron chi connectivity index (χ0n) is 18.8. The third-order valence-electron chi connectivity index (χ3n) is 4.50. The van der Waals surface area contributed by atoms with Crippen LogP contribution >= 0.6 is 35.4 Å². The molecule has 2 aromatic carbocycles. The predicted molar refractivity (Wildman–Crippen MR) is 137 cm³/mol. The Balaban J connectivity index is 1.59. The van der Waals surface area contributed by atoms with Crippen molar-refractivity contribution < 1.29 is 19.1 Å². The van der Waals surface area contributed by atoms with Gasteiger partial charge >= 0.3 is 0 Å². The number of nitrogens with one attached hydrogen (secondary N) is 4. The standard InChI is InChI=1S/C23H26Cl2N4O4S/c1-14-5-7-18(15(2)12-14)26-21(31)9-10-22(32)28-29-23(34)27-20(30)4-3-11-33-19-8-6-16(24)13-17(19)25/h5-8,12-13H,3-4,9-11H2,1-2H3,(H,26,31)(H,28,32)(H2,27,29,30,34). The Bertz CT molecular complexity index is 1070. The molecule has 182 valence electrons. The zero-order chi connectivity index (χ0) is 25.1. The second kappa shape index (κ2) is 13.7. The number of hydrogen-bond acceptors (Lipinski definition) is 5. The van der Waals surface area contributed by atoms with E-state index in [9.17, 15) is 14.4 Å². The molecule has 11 heteroatoms. The van der Waals surface area contributed by atoms with Crippen LogP contribution in [0.4, 0.5) is 5.69 Å². The molecule has 0 heterocycles. The van der Waals surface area contributed by atoms with E-state index in [2.05, 4.69) is 21.5 Å². The first kappa shape index (κ1) is 27.4. The molecule has 4 N–H and O–H groups in total. The number of halogens is 2. The van der Waals surface area contributed by atoms with Gasteiger partial charge in [0.05, 0.1) is 11.6 Å². The van der Waals surface area contributed by atoms with Crippen LogP contribution in [0.2, 0.25) is 10.0 Å². The number of hydrazine groups is 1. The smallest absolute Gasteiger partial charge is 0.238 e. The fraction of sp³-hybridized carbons (Fsp3) is 0.304. The van der Waals surface area contributed by atoms with Crippen LogP contribution in [0.5, 0.6) is 5.75 Å². The number of anilines is 1. The molecule has 0 aliphatic rings. The third kappa shape index (κ3) is 9.94. The molecule has 2 aromatic rings. The van der Waals surface area contributed by atoms with Crippen LogP contribution in [0.3, 0.4) is 0 Å². The largest absolute Gasteiger partial charge is 0.492 e. The van der Waals surface area contributed by atoms with E-state index >= 15 is 0 Å². The van der Waals surface area contributed by atoms with Gasteiger partial charge in [0.15, 0.2) is 5.11 Å². The minimum absolute atomic E-state index is 0.00239. The summed E-state index contributed by atoms with van der Waals surface area (Å²) in [4.78, 5) is 36.0. The highest BCUT2D eigenvalue weighted by Crippen LogP contribution is 2.27. The lowest BCUT2D eigenvalue weighted by Crippen LogP contribution is -2.48. The molecule has 0 aliphatic carbocycles. The number of ether oxygens (including phenoxy) is 1. The highest BCUT2D eigenvalue weighted by molar-refractivity contribution is 7.80. The van der Waals surface area contributed by atoms with Crippen LogP contribution in [0, 0.1) is 13.8 Å². The van der Waals surface area contributed by atoms with E-state index in [0.29, 0.717) is 27.9 Å². The number of rotatable bonds is 9. The molecule has 0 aliphatic heterocycles. The summed E-state index contributed by atoms with van der Waals surface area (Å²) in [7, 11) is 0. The molecule has 0 atom stereocenters. The molecule has 0 fully saturated rings. The van der Waals surface area contributed by atoms with Gasteiger partial charge in [0.25, 0.3) is 0 Å². The molecule has 0 unspecified atom stereocenters. The maximum Gasteiger partial charge on any atom is 0.238 e. The predicted octanol–water partition coefficient (Wildman–Crippen LogP) is 4.21. The summed E-state index contributed by atoms with van der Waals surface area (Å²) >= 11 is 16.8. The van der Waals surface area contributed by atoms with Gasteiger partial charge < -0.3 is 15.4 Å². The fourth-order valence-corrected chi connectivity index (χ4v) is 3.44. The van der Waals surface area contributed by atoms with E-state index in [1.807, 2.05) is 32.0 Å². The van der Waals surface area contributed by atoms with Crippen molar-refractivity contribution in [1.29, 1.82) is 0 Å². The van der Waals surface area contributed by atoms with Crippen LogP contribution in [-0.2, 0) is 14.4 Å². The summed E-state index contributed by atoms with van der Waals surface area (Å²) in [6, 6.07) is 10.6. The number of benzene rings is 2. The first-order chi connectivity index (χ1) is 16.1. The van der Waals surface area contributed by atoms with Crippen LogP contribution in [-0.4, -0.2) is 29.4 Å². The van der Waals surface area contributed by atoms with Crippen molar-refractivity contribution in [2.75, 3.05) is 11.9 Å². The number of carbonyl (C=O) groups is 3. The van der Waals surface area contributed by atoms with E-state index in [1.165, 1.54) is 0 Å². The summed E-state index contributed by atoms with van der Waals surface area (Å²) < 4.78 is 5.51. The lowest BCUT2D eigenvalue weighted by molar-refractivity contribution is -0.124. The Kier molecular flexibility index (Phi) is 11.1. The van der Waals surface area contributed by atoms with Crippen molar-refractivity contribution in [3.63, 3.8) is 0 Å². The number of thiocarbonyl (C=S) groups is 1. The molecule has 34 heavy (non-hydrogen) atoms. The Hall–Kier alpha value is -2.88. The number of carbonyl (C=O) groups excluding carboxylic acids is 3. The lowest BCUT2D eigenvalue weighted by Gasteiger charge is -2.12. The van der Waals surface area contributed by atoms with Crippen molar-refractivity contribution in [1.82, 2.24) is 16.2 Å². The lowest BCUT2D eigenvalue weighted by atomic mass is 10.1. The van der Waals surface area contributed by atoms with Crippen LogP contribution in [0.1, 0.15) is 36.8 Å². The first-order valence-electron chi connectivity index (χ1n) is 10.5. The highest BCUT2D eigenvalue weighted by Gasteiger charge is 2.10. The first-order valence-corrected chi connectivity index (χ1v) is 11.6. The van der Waals surface area contributed by atoms with Crippen molar-refractivity contribution >= 4 is 63.9 Å². The molecule has 0 bridgehead atoms. The minimum atomic E-state index is -0.444. The van der Waals surface area contributed by atoms with Crippen LogP contribution in [0.15, 0.2) is 36.4 Å². The SMILES string of the molecule is Cc1ccc(NC(=O)CCC(=O)NNC(=S)NC(=O)CCCOc2ccc(Cl)cc2Cl)c(C)c1. The maximum atomic E-state index is 12.1. The van der Waals surface area contributed by atoms with Crippen LogP contribution in [0.25, 0.3) is 0 Å². The van der Waals surface area contributed by atoms with Gasteiger partial charge in [-0.3, -0.25) is 25.2 Å². The number of hydrogen-bond donors (Lipinski definition) is 4. The molecule has 0 saturated heterocycles. The highest BCUT2D eigenvalue weighted by atomic mass is 35.5.